The van der Waals surface area contributed by atoms with E-state index in [1.165, 1.54) is 22.5 Å². The molecule has 1 N–H and O–H groups in total. The Morgan fingerprint density at radius 1 is 1.48 bits per heavy atom. The second-order valence-electron chi connectivity index (χ2n) is 5.24. The molecular formula is C15H13F2N3O2S. The third-order valence-corrected chi connectivity index (χ3v) is 4.64. The van der Waals surface area contributed by atoms with E-state index in [2.05, 4.69) is 10.3 Å². The summed E-state index contributed by atoms with van der Waals surface area (Å²) in [6.45, 7) is 1.66. The highest BCUT2D eigenvalue weighted by atomic mass is 32.2. The molecule has 1 aliphatic heterocycles. The van der Waals surface area contributed by atoms with Crippen LogP contribution in [0.1, 0.15) is 18.0 Å². The van der Waals surface area contributed by atoms with Gasteiger partial charge in [0.15, 0.2) is 5.16 Å². The number of aryl methyl sites for hydroxylation is 1. The van der Waals surface area contributed by atoms with Gasteiger partial charge in [-0.2, -0.15) is 0 Å². The van der Waals surface area contributed by atoms with E-state index in [4.69, 9.17) is 0 Å². The van der Waals surface area contributed by atoms with Gasteiger partial charge in [-0.05, 0) is 19.1 Å². The molecule has 8 heteroatoms. The largest absolute Gasteiger partial charge is 0.323 e. The predicted molar refractivity (Wildman–Crippen MR) is 82.6 cm³/mol. The van der Waals surface area contributed by atoms with Crippen molar-refractivity contribution in [3.05, 3.63) is 51.9 Å². The summed E-state index contributed by atoms with van der Waals surface area (Å²) in [6, 6.07) is 2.49. The standard InChI is InChI=1S/C15H13F2N3O2S/c1-8-6-18-15-20(14(8)22)10(7-23-15)5-13(21)19-12-4-9(16)2-3-11(12)17/h2-4,6,10H,5,7H2,1H3,(H,19,21). The minimum atomic E-state index is -0.712. The van der Waals surface area contributed by atoms with Gasteiger partial charge < -0.3 is 5.32 Å². The number of nitrogens with one attached hydrogen (secondary N) is 1. The average Bonchev–Trinajstić information content (AvgIpc) is 2.90. The molecule has 0 saturated heterocycles. The Labute approximate surface area is 134 Å². The topological polar surface area (TPSA) is 64.0 Å². The van der Waals surface area contributed by atoms with Crippen molar-refractivity contribution in [1.82, 2.24) is 9.55 Å². The Hall–Kier alpha value is -2.22. The number of fused-ring (bicyclic) bond motifs is 1. The van der Waals surface area contributed by atoms with E-state index in [-0.39, 0.29) is 23.7 Å². The van der Waals surface area contributed by atoms with Crippen LogP contribution in [-0.4, -0.2) is 21.2 Å². The molecule has 0 saturated carbocycles. The third-order valence-electron chi connectivity index (χ3n) is 3.52. The fraction of sp³-hybridized carbons (Fsp3) is 0.267. The average molecular weight is 337 g/mol. The van der Waals surface area contributed by atoms with Crippen LogP contribution in [0.5, 0.6) is 0 Å². The van der Waals surface area contributed by atoms with Crippen molar-refractivity contribution in [2.24, 2.45) is 0 Å². The van der Waals surface area contributed by atoms with E-state index in [0.717, 1.165) is 18.2 Å². The minimum Gasteiger partial charge on any atom is -0.323 e. The number of hydrogen-bond acceptors (Lipinski definition) is 4. The lowest BCUT2D eigenvalue weighted by atomic mass is 10.2. The Morgan fingerprint density at radius 2 is 2.26 bits per heavy atom. The molecule has 1 aromatic heterocycles. The number of anilines is 1. The number of nitrogens with zero attached hydrogens (tertiary/aromatic N) is 2. The maximum absolute atomic E-state index is 13.5. The zero-order valence-corrected chi connectivity index (χ0v) is 13.0. The van der Waals surface area contributed by atoms with Crippen molar-refractivity contribution in [2.45, 2.75) is 24.5 Å². The molecule has 0 aliphatic carbocycles. The molecule has 2 heterocycles. The van der Waals surface area contributed by atoms with Crippen LogP contribution in [0.4, 0.5) is 14.5 Å². The first kappa shape index (κ1) is 15.7. The van der Waals surface area contributed by atoms with Crippen molar-refractivity contribution < 1.29 is 13.6 Å². The Bertz CT molecular complexity index is 838. The fourth-order valence-electron chi connectivity index (χ4n) is 2.38. The van der Waals surface area contributed by atoms with Gasteiger partial charge in [0.05, 0.1) is 11.7 Å². The number of aromatic nitrogens is 2. The Kier molecular flexibility index (Phi) is 4.16. The van der Waals surface area contributed by atoms with Crippen molar-refractivity contribution in [3.63, 3.8) is 0 Å². The molecule has 1 aromatic carbocycles. The lowest BCUT2D eigenvalue weighted by Crippen LogP contribution is -2.28. The molecule has 1 atom stereocenters. The van der Waals surface area contributed by atoms with Gasteiger partial charge in [0.1, 0.15) is 11.6 Å². The second kappa shape index (κ2) is 6.11. The zero-order valence-electron chi connectivity index (χ0n) is 12.2. The van der Waals surface area contributed by atoms with Crippen LogP contribution in [0.15, 0.2) is 34.3 Å². The van der Waals surface area contributed by atoms with Crippen LogP contribution in [0.2, 0.25) is 0 Å². The highest BCUT2D eigenvalue weighted by Crippen LogP contribution is 2.32. The number of hydrogen-bond donors (Lipinski definition) is 1. The number of carbonyl (C=O) groups excluding carboxylic acids is 1. The molecule has 1 amide bonds. The Morgan fingerprint density at radius 3 is 3.04 bits per heavy atom. The van der Waals surface area contributed by atoms with E-state index >= 15 is 0 Å². The SMILES string of the molecule is Cc1cnc2n(c1=O)C(CC(=O)Nc1cc(F)ccc1F)CS2. The van der Waals surface area contributed by atoms with Crippen LogP contribution in [-0.2, 0) is 4.79 Å². The summed E-state index contributed by atoms with van der Waals surface area (Å²) in [5.74, 6) is -1.30. The van der Waals surface area contributed by atoms with Crippen LogP contribution in [0, 0.1) is 18.6 Å². The van der Waals surface area contributed by atoms with E-state index in [1.54, 1.807) is 6.92 Å². The summed E-state index contributed by atoms with van der Waals surface area (Å²) < 4.78 is 28.2. The maximum atomic E-state index is 13.5. The highest BCUT2D eigenvalue weighted by Gasteiger charge is 2.27. The molecule has 1 aliphatic rings. The molecule has 0 spiro atoms. The molecule has 0 radical (unpaired) electrons. The van der Waals surface area contributed by atoms with Crippen LogP contribution < -0.4 is 10.9 Å². The lowest BCUT2D eigenvalue weighted by molar-refractivity contribution is -0.116. The van der Waals surface area contributed by atoms with Gasteiger partial charge in [0.2, 0.25) is 5.91 Å². The summed E-state index contributed by atoms with van der Waals surface area (Å²) in [7, 11) is 0. The van der Waals surface area contributed by atoms with Crippen LogP contribution in [0.25, 0.3) is 0 Å². The number of rotatable bonds is 3. The second-order valence-corrected chi connectivity index (χ2v) is 6.23. The number of benzene rings is 1. The summed E-state index contributed by atoms with van der Waals surface area (Å²) in [5, 5.41) is 2.91. The fourth-order valence-corrected chi connectivity index (χ4v) is 3.49. The van der Waals surface area contributed by atoms with Gasteiger partial charge in [-0.25, -0.2) is 13.8 Å². The number of carbonyl (C=O) groups is 1. The van der Waals surface area contributed by atoms with E-state index < -0.39 is 17.5 Å². The van der Waals surface area contributed by atoms with Crippen molar-refractivity contribution in [3.8, 4) is 0 Å². The number of thioether (sulfide) groups is 1. The molecule has 23 heavy (non-hydrogen) atoms. The van der Waals surface area contributed by atoms with Gasteiger partial charge in [-0.1, -0.05) is 11.8 Å². The summed E-state index contributed by atoms with van der Waals surface area (Å²) >= 11 is 1.39. The first-order valence-corrected chi connectivity index (χ1v) is 7.90. The normalized spacial score (nSPS) is 16.2. The van der Waals surface area contributed by atoms with E-state index in [0.29, 0.717) is 16.5 Å². The summed E-state index contributed by atoms with van der Waals surface area (Å²) in [6.07, 6.45) is 1.49. The van der Waals surface area contributed by atoms with Gasteiger partial charge in [0, 0.05) is 30.0 Å². The van der Waals surface area contributed by atoms with Crippen LogP contribution >= 0.6 is 11.8 Å². The first-order valence-electron chi connectivity index (χ1n) is 6.91. The molecule has 120 valence electrons. The quantitative estimate of drug-likeness (QED) is 0.874. The maximum Gasteiger partial charge on any atom is 0.257 e. The molecule has 3 rings (SSSR count). The highest BCUT2D eigenvalue weighted by molar-refractivity contribution is 7.99. The third kappa shape index (κ3) is 3.12. The van der Waals surface area contributed by atoms with Gasteiger partial charge >= 0.3 is 0 Å². The van der Waals surface area contributed by atoms with E-state index in [9.17, 15) is 18.4 Å². The summed E-state index contributed by atoms with van der Waals surface area (Å²) in [5.41, 5.74) is 0.100. The molecule has 1 unspecified atom stereocenters. The molecule has 2 aromatic rings. The Balaban J connectivity index is 1.77. The smallest absolute Gasteiger partial charge is 0.257 e. The molecule has 0 fully saturated rings. The van der Waals surface area contributed by atoms with Gasteiger partial charge in [-0.3, -0.25) is 14.2 Å². The molecular weight excluding hydrogens is 324 g/mol. The first-order chi connectivity index (χ1) is 11.0. The van der Waals surface area contributed by atoms with Gasteiger partial charge in [-0.15, -0.1) is 0 Å². The van der Waals surface area contributed by atoms with E-state index in [1.807, 2.05) is 0 Å². The molecule has 0 bridgehead atoms. The molecule has 5 nitrogen and oxygen atoms in total. The minimum absolute atomic E-state index is 0.0129. The number of amides is 1. The zero-order chi connectivity index (χ0) is 16.6. The predicted octanol–water partition coefficient (Wildman–Crippen LogP) is 2.51. The van der Waals surface area contributed by atoms with Crippen molar-refractivity contribution >= 4 is 23.4 Å². The van der Waals surface area contributed by atoms with Crippen molar-refractivity contribution in [2.75, 3.05) is 11.1 Å². The lowest BCUT2D eigenvalue weighted by Gasteiger charge is -2.14. The van der Waals surface area contributed by atoms with Gasteiger partial charge in [0.25, 0.3) is 5.56 Å². The van der Waals surface area contributed by atoms with Crippen LogP contribution in [0.3, 0.4) is 0 Å². The summed E-state index contributed by atoms with van der Waals surface area (Å²) in [4.78, 5) is 28.4. The van der Waals surface area contributed by atoms with Crippen molar-refractivity contribution in [1.29, 1.82) is 0 Å². The monoisotopic (exact) mass is 337 g/mol. The number of halogens is 2.